The second-order valence-electron chi connectivity index (χ2n) is 10.7. The number of rotatable bonds is 4. The number of Topliss-reactive ketones (excluding diaryl/α,β-unsaturated/α-hetero) is 1. The molecule has 0 amide bonds. The van der Waals surface area contributed by atoms with Crippen molar-refractivity contribution >= 4 is 5.78 Å². The molecule has 0 bridgehead atoms. The minimum atomic E-state index is -1.07. The van der Waals surface area contributed by atoms with E-state index in [4.69, 9.17) is 0 Å². The molecule has 6 heteroatoms. The molecule has 0 radical (unpaired) electrons. The van der Waals surface area contributed by atoms with Gasteiger partial charge in [-0.1, -0.05) is 6.92 Å². The van der Waals surface area contributed by atoms with Crippen LogP contribution >= 0.6 is 0 Å². The number of aliphatic hydroxyl groups is 1. The highest BCUT2D eigenvalue weighted by atomic mass is 19.1. The maximum absolute atomic E-state index is 13.3. The number of carbonyl (C=O) groups is 1. The van der Waals surface area contributed by atoms with Gasteiger partial charge in [0, 0.05) is 5.92 Å². The van der Waals surface area contributed by atoms with Crippen LogP contribution in [-0.2, 0) is 11.3 Å². The van der Waals surface area contributed by atoms with Crippen molar-refractivity contribution in [3.05, 3.63) is 12.4 Å². The minimum absolute atomic E-state index is 0.104. The van der Waals surface area contributed by atoms with Crippen LogP contribution in [0.25, 0.3) is 0 Å². The van der Waals surface area contributed by atoms with Gasteiger partial charge in [-0.05, 0) is 92.8 Å². The summed E-state index contributed by atoms with van der Waals surface area (Å²) >= 11 is 0. The highest BCUT2D eigenvalue weighted by Gasteiger charge is 2.59. The Hall–Kier alpha value is -1.30. The lowest BCUT2D eigenvalue weighted by molar-refractivity contribution is -0.134. The van der Waals surface area contributed by atoms with Gasteiger partial charge in [-0.2, -0.15) is 15.0 Å². The second kappa shape index (κ2) is 7.14. The molecule has 1 aromatic rings. The molecule has 1 N–H and O–H groups in total. The molecule has 0 aliphatic heterocycles. The average Bonchev–Trinajstić information content (AvgIpc) is 3.34. The number of aromatic nitrogens is 3. The summed E-state index contributed by atoms with van der Waals surface area (Å²) in [6.45, 7) is 2.06. The van der Waals surface area contributed by atoms with Crippen molar-refractivity contribution in [2.75, 3.05) is 6.67 Å². The van der Waals surface area contributed by atoms with E-state index in [-0.39, 0.29) is 11.3 Å². The Balaban J connectivity index is 1.31. The topological polar surface area (TPSA) is 68.0 Å². The van der Waals surface area contributed by atoms with E-state index in [0.717, 1.165) is 32.1 Å². The number of hydrogen-bond acceptors (Lipinski definition) is 4. The van der Waals surface area contributed by atoms with Gasteiger partial charge in [0.15, 0.2) is 5.78 Å². The monoisotopic (exact) mass is 403 g/mol. The molecule has 8 atom stereocenters. The molecule has 4 aliphatic carbocycles. The van der Waals surface area contributed by atoms with E-state index in [1.165, 1.54) is 17.6 Å². The van der Waals surface area contributed by atoms with Crippen LogP contribution in [0.2, 0.25) is 0 Å². The van der Waals surface area contributed by atoms with E-state index in [1.807, 2.05) is 0 Å². The molecule has 0 saturated heterocycles. The molecule has 29 heavy (non-hydrogen) atoms. The van der Waals surface area contributed by atoms with Gasteiger partial charge in [-0.15, -0.1) is 0 Å². The smallest absolute Gasteiger partial charge is 0.159 e. The van der Waals surface area contributed by atoms with Gasteiger partial charge in [-0.3, -0.25) is 4.79 Å². The fraction of sp³-hybridized carbons (Fsp3) is 0.870. The molecule has 5 nitrogen and oxygen atoms in total. The predicted molar refractivity (Wildman–Crippen MR) is 107 cm³/mol. The van der Waals surface area contributed by atoms with Crippen molar-refractivity contribution < 1.29 is 14.3 Å². The van der Waals surface area contributed by atoms with Gasteiger partial charge in [0.05, 0.1) is 18.0 Å². The molecule has 0 aromatic carbocycles. The summed E-state index contributed by atoms with van der Waals surface area (Å²) in [4.78, 5) is 14.6. The summed E-state index contributed by atoms with van der Waals surface area (Å²) in [5.74, 6) is 3.59. The van der Waals surface area contributed by atoms with Gasteiger partial charge in [-0.25, -0.2) is 4.39 Å². The Morgan fingerprint density at radius 1 is 1.07 bits per heavy atom. The van der Waals surface area contributed by atoms with E-state index in [9.17, 15) is 14.3 Å². The van der Waals surface area contributed by atoms with Gasteiger partial charge in [0.2, 0.25) is 0 Å². The molecule has 5 rings (SSSR count). The van der Waals surface area contributed by atoms with Crippen molar-refractivity contribution in [3.8, 4) is 0 Å². The number of nitrogens with zero attached hydrogens (tertiary/aromatic N) is 3. The van der Waals surface area contributed by atoms with Crippen molar-refractivity contribution in [2.45, 2.75) is 76.9 Å². The summed E-state index contributed by atoms with van der Waals surface area (Å²) in [5, 5.41) is 18.7. The summed E-state index contributed by atoms with van der Waals surface area (Å²) in [6, 6.07) is 0. The number of hydrogen-bond donors (Lipinski definition) is 1. The summed E-state index contributed by atoms with van der Waals surface area (Å²) in [6.07, 6.45) is 12.3. The standard InChI is InChI=1S/C23H34FN3O2/c1-22-8-6-17-16-7-9-23(29,14-24)12-15(16)2-3-18(17)19(22)4-5-20(22)21(28)13-27-25-10-11-26-27/h10-11,15-20,29H,2-9,12-14H2,1H3/t15?,16-,17+,18+,19-,20+,22-,23+/m0/s1. The first-order chi connectivity index (χ1) is 13.9. The van der Waals surface area contributed by atoms with Crippen LogP contribution in [0.1, 0.15) is 64.7 Å². The zero-order valence-electron chi connectivity index (χ0n) is 17.5. The van der Waals surface area contributed by atoms with Crippen molar-refractivity contribution in [2.24, 2.45) is 40.9 Å². The third kappa shape index (κ3) is 3.17. The van der Waals surface area contributed by atoms with E-state index in [1.54, 1.807) is 12.4 Å². The molecule has 1 unspecified atom stereocenters. The normalized spacial score (nSPS) is 46.6. The molecule has 4 saturated carbocycles. The minimum Gasteiger partial charge on any atom is -0.387 e. The molecule has 160 valence electrons. The zero-order valence-corrected chi connectivity index (χ0v) is 17.5. The van der Waals surface area contributed by atoms with Crippen LogP contribution in [-0.4, -0.2) is 38.2 Å². The first-order valence-electron chi connectivity index (χ1n) is 11.6. The van der Waals surface area contributed by atoms with Crippen LogP contribution < -0.4 is 0 Å². The molecular weight excluding hydrogens is 369 g/mol. The Labute approximate surface area is 172 Å². The zero-order chi connectivity index (χ0) is 20.2. The van der Waals surface area contributed by atoms with E-state index in [2.05, 4.69) is 17.1 Å². The maximum Gasteiger partial charge on any atom is 0.159 e. The SMILES string of the molecule is C[C@]12CC[C@H]3[C@@H](CCC4C[C@@](O)(CF)CC[C@@H]43)[C@@H]1CC[C@@H]2C(=O)Cn1nccn1. The highest BCUT2D eigenvalue weighted by Crippen LogP contribution is 2.64. The molecule has 0 spiro atoms. The van der Waals surface area contributed by atoms with Crippen LogP contribution in [0.4, 0.5) is 4.39 Å². The van der Waals surface area contributed by atoms with Crippen LogP contribution in [0, 0.1) is 40.9 Å². The fourth-order valence-corrected chi connectivity index (χ4v) is 8.19. The van der Waals surface area contributed by atoms with Crippen molar-refractivity contribution in [1.29, 1.82) is 0 Å². The number of fused-ring (bicyclic) bond motifs is 5. The largest absolute Gasteiger partial charge is 0.387 e. The lowest BCUT2D eigenvalue weighted by Crippen LogP contribution is -2.52. The Morgan fingerprint density at radius 3 is 2.59 bits per heavy atom. The van der Waals surface area contributed by atoms with Gasteiger partial charge in [0.25, 0.3) is 0 Å². The summed E-state index contributed by atoms with van der Waals surface area (Å²) in [5.41, 5.74) is -0.963. The van der Waals surface area contributed by atoms with Gasteiger partial charge in [0.1, 0.15) is 13.2 Å². The number of halogens is 1. The Bertz CT molecular complexity index is 755. The number of ketones is 1. The van der Waals surface area contributed by atoms with Crippen LogP contribution in [0.15, 0.2) is 12.4 Å². The second-order valence-corrected chi connectivity index (χ2v) is 10.7. The Morgan fingerprint density at radius 2 is 1.83 bits per heavy atom. The highest BCUT2D eigenvalue weighted by molar-refractivity contribution is 5.81. The third-order valence-corrected chi connectivity index (χ3v) is 9.51. The Kier molecular flexibility index (Phi) is 4.84. The first-order valence-corrected chi connectivity index (χ1v) is 11.6. The summed E-state index contributed by atoms with van der Waals surface area (Å²) in [7, 11) is 0. The fourth-order valence-electron chi connectivity index (χ4n) is 8.19. The van der Waals surface area contributed by atoms with E-state index in [0.29, 0.717) is 54.8 Å². The molecule has 1 heterocycles. The van der Waals surface area contributed by atoms with Gasteiger partial charge >= 0.3 is 0 Å². The average molecular weight is 404 g/mol. The molecule has 4 aliphatic rings. The lowest BCUT2D eigenvalue weighted by Gasteiger charge is -2.56. The van der Waals surface area contributed by atoms with E-state index < -0.39 is 12.3 Å². The summed E-state index contributed by atoms with van der Waals surface area (Å²) < 4.78 is 13.3. The van der Waals surface area contributed by atoms with Crippen molar-refractivity contribution in [3.63, 3.8) is 0 Å². The van der Waals surface area contributed by atoms with Crippen LogP contribution in [0.5, 0.6) is 0 Å². The predicted octanol–water partition coefficient (Wildman–Crippen LogP) is 3.82. The first kappa shape index (κ1) is 19.7. The quantitative estimate of drug-likeness (QED) is 0.830. The third-order valence-electron chi connectivity index (χ3n) is 9.51. The molecule has 1 aromatic heterocycles. The molecule has 4 fully saturated rings. The van der Waals surface area contributed by atoms with Crippen LogP contribution in [0.3, 0.4) is 0 Å². The number of carbonyl (C=O) groups excluding carboxylic acids is 1. The lowest BCUT2D eigenvalue weighted by atomic mass is 9.49. The number of alkyl halides is 1. The van der Waals surface area contributed by atoms with E-state index >= 15 is 0 Å². The van der Waals surface area contributed by atoms with Crippen molar-refractivity contribution in [1.82, 2.24) is 15.0 Å². The molecular formula is C23H34FN3O2. The maximum atomic E-state index is 13.3. The van der Waals surface area contributed by atoms with Gasteiger partial charge < -0.3 is 5.11 Å².